The quantitative estimate of drug-likeness (QED) is 0.900. The highest BCUT2D eigenvalue weighted by Crippen LogP contribution is 2.31. The molecule has 4 heteroatoms. The lowest BCUT2D eigenvalue weighted by Gasteiger charge is -2.27. The Morgan fingerprint density at radius 2 is 1.95 bits per heavy atom. The monoisotopic (exact) mass is 273 g/mol. The molecular formula is C16H23N3O. The molecular weight excluding hydrogens is 250 g/mol. The van der Waals surface area contributed by atoms with E-state index < -0.39 is 0 Å². The van der Waals surface area contributed by atoms with Crippen LogP contribution < -0.4 is 10.1 Å². The van der Waals surface area contributed by atoms with Crippen LogP contribution in [0.2, 0.25) is 0 Å². The van der Waals surface area contributed by atoms with Gasteiger partial charge < -0.3 is 15.0 Å². The second kappa shape index (κ2) is 5.46. The van der Waals surface area contributed by atoms with Gasteiger partial charge in [-0.05, 0) is 37.1 Å². The van der Waals surface area contributed by atoms with E-state index in [2.05, 4.69) is 41.2 Å². The van der Waals surface area contributed by atoms with Gasteiger partial charge in [-0.25, -0.2) is 0 Å². The van der Waals surface area contributed by atoms with Crippen molar-refractivity contribution in [3.05, 3.63) is 29.0 Å². The fourth-order valence-corrected chi connectivity index (χ4v) is 3.04. The van der Waals surface area contributed by atoms with Crippen molar-refractivity contribution in [1.29, 1.82) is 0 Å². The van der Waals surface area contributed by atoms with Crippen molar-refractivity contribution in [3.8, 4) is 5.75 Å². The topological polar surface area (TPSA) is 40.3 Å². The molecule has 0 unspecified atom stereocenters. The average Bonchev–Trinajstić information content (AvgIpc) is 2.76. The van der Waals surface area contributed by atoms with E-state index >= 15 is 0 Å². The fraction of sp³-hybridized carbons (Fsp3) is 0.500. The standard InChI is InChI=1S/C16H23N3O/c1-11-8-13-14(10-19-6-4-17-5-7-19)12(2)18-16(13)15(9-11)20-3/h8-9,17-18H,4-7,10H2,1-3H3. The molecule has 0 saturated carbocycles. The van der Waals surface area contributed by atoms with Crippen molar-refractivity contribution in [2.24, 2.45) is 0 Å². The lowest BCUT2D eigenvalue weighted by molar-refractivity contribution is 0.233. The third-order valence-electron chi connectivity index (χ3n) is 4.15. The van der Waals surface area contributed by atoms with Crippen LogP contribution in [0.4, 0.5) is 0 Å². The van der Waals surface area contributed by atoms with Crippen LogP contribution in [0.5, 0.6) is 5.75 Å². The molecule has 108 valence electrons. The van der Waals surface area contributed by atoms with Crippen LogP contribution in [0, 0.1) is 13.8 Å². The molecule has 0 spiro atoms. The van der Waals surface area contributed by atoms with Crippen LogP contribution >= 0.6 is 0 Å². The molecule has 2 heterocycles. The van der Waals surface area contributed by atoms with Crippen LogP contribution in [-0.2, 0) is 6.54 Å². The number of hydrogen-bond donors (Lipinski definition) is 2. The summed E-state index contributed by atoms with van der Waals surface area (Å²) in [5.41, 5.74) is 5.03. The highest BCUT2D eigenvalue weighted by atomic mass is 16.5. The Labute approximate surface area is 120 Å². The Bertz CT molecular complexity index is 612. The Hall–Kier alpha value is -1.52. The maximum atomic E-state index is 5.51. The number of benzene rings is 1. The summed E-state index contributed by atoms with van der Waals surface area (Å²) in [6, 6.07) is 4.35. The van der Waals surface area contributed by atoms with Gasteiger partial charge in [0.1, 0.15) is 5.75 Å². The first-order chi connectivity index (χ1) is 9.69. The van der Waals surface area contributed by atoms with Gasteiger partial charge in [0, 0.05) is 43.8 Å². The number of H-pyrrole nitrogens is 1. The van der Waals surface area contributed by atoms with Gasteiger partial charge in [0.25, 0.3) is 0 Å². The smallest absolute Gasteiger partial charge is 0.143 e. The molecule has 1 aliphatic rings. The molecule has 2 N–H and O–H groups in total. The summed E-state index contributed by atoms with van der Waals surface area (Å²) < 4.78 is 5.51. The summed E-state index contributed by atoms with van der Waals surface area (Å²) in [6.07, 6.45) is 0. The molecule has 0 amide bonds. The zero-order chi connectivity index (χ0) is 14.1. The Kier molecular flexibility index (Phi) is 3.68. The first kappa shape index (κ1) is 13.5. The molecule has 4 nitrogen and oxygen atoms in total. The SMILES string of the molecule is COc1cc(C)cc2c(CN3CCNCC3)c(C)[nH]c12. The number of nitrogens with zero attached hydrogens (tertiary/aromatic N) is 1. The zero-order valence-corrected chi connectivity index (χ0v) is 12.5. The van der Waals surface area contributed by atoms with E-state index in [0.717, 1.165) is 44.0 Å². The number of aryl methyl sites for hydroxylation is 2. The van der Waals surface area contributed by atoms with Crippen LogP contribution in [0.25, 0.3) is 10.9 Å². The molecule has 1 aliphatic heterocycles. The van der Waals surface area contributed by atoms with Gasteiger partial charge in [-0.3, -0.25) is 4.90 Å². The highest BCUT2D eigenvalue weighted by molar-refractivity contribution is 5.90. The molecule has 1 aromatic heterocycles. The predicted octanol–water partition coefficient (Wildman–Crippen LogP) is 2.20. The Balaban J connectivity index is 2.01. The van der Waals surface area contributed by atoms with Crippen molar-refractivity contribution in [1.82, 2.24) is 15.2 Å². The second-order valence-electron chi connectivity index (χ2n) is 5.64. The summed E-state index contributed by atoms with van der Waals surface area (Å²) in [5, 5.41) is 4.71. The van der Waals surface area contributed by atoms with Gasteiger partial charge in [-0.1, -0.05) is 0 Å². The summed E-state index contributed by atoms with van der Waals surface area (Å²) >= 11 is 0. The Morgan fingerprint density at radius 3 is 2.65 bits per heavy atom. The zero-order valence-electron chi connectivity index (χ0n) is 12.5. The third kappa shape index (κ3) is 2.41. The molecule has 2 aromatic rings. The summed E-state index contributed by atoms with van der Waals surface area (Å²) in [5.74, 6) is 0.940. The molecule has 0 atom stereocenters. The lowest BCUT2D eigenvalue weighted by atomic mass is 10.1. The van der Waals surface area contributed by atoms with Crippen LogP contribution in [0.1, 0.15) is 16.8 Å². The van der Waals surface area contributed by atoms with E-state index in [9.17, 15) is 0 Å². The molecule has 1 fully saturated rings. The molecule has 0 radical (unpaired) electrons. The highest BCUT2D eigenvalue weighted by Gasteiger charge is 2.17. The van der Waals surface area contributed by atoms with E-state index in [1.807, 2.05) is 0 Å². The lowest BCUT2D eigenvalue weighted by Crippen LogP contribution is -2.42. The van der Waals surface area contributed by atoms with Crippen LogP contribution in [0.3, 0.4) is 0 Å². The number of fused-ring (bicyclic) bond motifs is 1. The van der Waals surface area contributed by atoms with Crippen LogP contribution in [0.15, 0.2) is 12.1 Å². The molecule has 3 rings (SSSR count). The minimum Gasteiger partial charge on any atom is -0.495 e. The number of methoxy groups -OCH3 is 1. The van der Waals surface area contributed by atoms with Gasteiger partial charge in [-0.15, -0.1) is 0 Å². The number of ether oxygens (including phenoxy) is 1. The van der Waals surface area contributed by atoms with Gasteiger partial charge in [0.15, 0.2) is 0 Å². The Morgan fingerprint density at radius 1 is 1.20 bits per heavy atom. The van der Waals surface area contributed by atoms with Crippen molar-refractivity contribution in [3.63, 3.8) is 0 Å². The molecule has 0 bridgehead atoms. The maximum Gasteiger partial charge on any atom is 0.143 e. The summed E-state index contributed by atoms with van der Waals surface area (Å²) in [6.45, 7) is 9.71. The number of hydrogen-bond acceptors (Lipinski definition) is 3. The normalized spacial score (nSPS) is 16.8. The van der Waals surface area contributed by atoms with Crippen molar-refractivity contribution >= 4 is 10.9 Å². The number of piperazine rings is 1. The molecule has 1 aromatic carbocycles. The first-order valence-corrected chi connectivity index (χ1v) is 7.28. The fourth-order valence-electron chi connectivity index (χ4n) is 3.04. The van der Waals surface area contributed by atoms with E-state index in [1.54, 1.807) is 7.11 Å². The number of aromatic nitrogens is 1. The molecule has 20 heavy (non-hydrogen) atoms. The molecule has 1 saturated heterocycles. The first-order valence-electron chi connectivity index (χ1n) is 7.28. The predicted molar refractivity (Wildman–Crippen MR) is 82.5 cm³/mol. The van der Waals surface area contributed by atoms with Crippen molar-refractivity contribution < 1.29 is 4.74 Å². The van der Waals surface area contributed by atoms with E-state index in [-0.39, 0.29) is 0 Å². The van der Waals surface area contributed by atoms with Gasteiger partial charge in [0.05, 0.1) is 12.6 Å². The third-order valence-corrected chi connectivity index (χ3v) is 4.15. The number of nitrogens with one attached hydrogen (secondary N) is 2. The van der Waals surface area contributed by atoms with Gasteiger partial charge >= 0.3 is 0 Å². The molecule has 0 aliphatic carbocycles. The minimum absolute atomic E-state index is 0.940. The van der Waals surface area contributed by atoms with Crippen LogP contribution in [-0.4, -0.2) is 43.2 Å². The average molecular weight is 273 g/mol. The summed E-state index contributed by atoms with van der Waals surface area (Å²) in [7, 11) is 1.74. The van der Waals surface area contributed by atoms with Crippen molar-refractivity contribution in [2.75, 3.05) is 33.3 Å². The van der Waals surface area contributed by atoms with E-state index in [0.29, 0.717) is 0 Å². The van der Waals surface area contributed by atoms with Gasteiger partial charge in [0.2, 0.25) is 0 Å². The summed E-state index contributed by atoms with van der Waals surface area (Å²) in [4.78, 5) is 6.01. The second-order valence-corrected chi connectivity index (χ2v) is 5.64. The van der Waals surface area contributed by atoms with E-state index in [1.165, 1.54) is 22.2 Å². The number of aromatic amines is 1. The number of rotatable bonds is 3. The maximum absolute atomic E-state index is 5.51. The minimum atomic E-state index is 0.940. The van der Waals surface area contributed by atoms with E-state index in [4.69, 9.17) is 4.74 Å². The largest absolute Gasteiger partial charge is 0.495 e. The van der Waals surface area contributed by atoms with Gasteiger partial charge in [-0.2, -0.15) is 0 Å². The van der Waals surface area contributed by atoms with Crippen molar-refractivity contribution in [2.45, 2.75) is 20.4 Å².